The van der Waals surface area contributed by atoms with E-state index in [0.29, 0.717) is 17.8 Å². The highest BCUT2D eigenvalue weighted by atomic mass is 32.2. The molecular formula is C17H19FN4O3S. The summed E-state index contributed by atoms with van der Waals surface area (Å²) in [5, 5.41) is 2.73. The van der Waals surface area contributed by atoms with Crippen molar-refractivity contribution in [2.24, 2.45) is 0 Å². The van der Waals surface area contributed by atoms with Gasteiger partial charge in [0.25, 0.3) is 0 Å². The summed E-state index contributed by atoms with van der Waals surface area (Å²) in [7, 11) is -3.46. The highest BCUT2D eigenvalue weighted by Gasteiger charge is 2.30. The average Bonchev–Trinajstić information content (AvgIpc) is 3.06. The molecule has 0 aromatic heterocycles. The van der Waals surface area contributed by atoms with Crippen molar-refractivity contribution >= 4 is 27.3 Å². The van der Waals surface area contributed by atoms with Crippen LogP contribution in [0.3, 0.4) is 0 Å². The number of anilines is 2. The van der Waals surface area contributed by atoms with Crippen LogP contribution < -0.4 is 20.9 Å². The van der Waals surface area contributed by atoms with Gasteiger partial charge in [0.2, 0.25) is 15.9 Å². The Hall–Kier alpha value is -2.49. The van der Waals surface area contributed by atoms with Gasteiger partial charge in [0.05, 0.1) is 17.6 Å². The Morgan fingerprint density at radius 3 is 2.38 bits per heavy atom. The predicted molar refractivity (Wildman–Crippen MR) is 97.4 cm³/mol. The number of carbonyl (C=O) groups excluding carboxylic acids is 1. The molecular weight excluding hydrogens is 359 g/mol. The molecule has 1 heterocycles. The highest BCUT2D eigenvalue weighted by molar-refractivity contribution is 7.92. The maximum absolute atomic E-state index is 13.0. The third-order valence-electron chi connectivity index (χ3n) is 3.97. The smallest absolute Gasteiger partial charge is 0.242 e. The number of hydrazine groups is 1. The third-order valence-corrected chi connectivity index (χ3v) is 4.56. The zero-order chi connectivity index (χ0) is 18.7. The van der Waals surface area contributed by atoms with Crippen molar-refractivity contribution < 1.29 is 17.6 Å². The van der Waals surface area contributed by atoms with Crippen molar-refractivity contribution in [2.75, 3.05) is 16.3 Å². The number of rotatable bonds is 5. The minimum atomic E-state index is -3.46. The first kappa shape index (κ1) is 18.3. The van der Waals surface area contributed by atoms with Gasteiger partial charge in [0.15, 0.2) is 0 Å². The van der Waals surface area contributed by atoms with Crippen LogP contribution >= 0.6 is 0 Å². The Labute approximate surface area is 151 Å². The summed E-state index contributed by atoms with van der Waals surface area (Å²) in [5.74, 6) is -0.617. The second-order valence-corrected chi connectivity index (χ2v) is 7.84. The molecule has 138 valence electrons. The summed E-state index contributed by atoms with van der Waals surface area (Å²) in [6.07, 6.45) is 1.51. The van der Waals surface area contributed by atoms with Crippen molar-refractivity contribution in [2.45, 2.75) is 18.5 Å². The summed E-state index contributed by atoms with van der Waals surface area (Å²) in [6, 6.07) is 12.0. The maximum atomic E-state index is 13.0. The van der Waals surface area contributed by atoms with Crippen LogP contribution in [0, 0.1) is 5.82 Å². The lowest BCUT2D eigenvalue weighted by Gasteiger charge is -2.14. The van der Waals surface area contributed by atoms with E-state index in [-0.39, 0.29) is 17.8 Å². The van der Waals surface area contributed by atoms with E-state index in [1.165, 1.54) is 12.1 Å². The van der Waals surface area contributed by atoms with Gasteiger partial charge in [-0.2, -0.15) is 0 Å². The Kier molecular flexibility index (Phi) is 5.21. The van der Waals surface area contributed by atoms with E-state index >= 15 is 0 Å². The number of benzene rings is 2. The second kappa shape index (κ2) is 7.40. The van der Waals surface area contributed by atoms with Crippen LogP contribution in [0.25, 0.3) is 0 Å². The minimum Gasteiger partial charge on any atom is -0.323 e. The second-order valence-electron chi connectivity index (χ2n) is 6.09. The summed E-state index contributed by atoms with van der Waals surface area (Å²) < 4.78 is 38.3. The fourth-order valence-corrected chi connectivity index (χ4v) is 3.32. The molecule has 0 saturated carbocycles. The molecule has 9 heteroatoms. The summed E-state index contributed by atoms with van der Waals surface area (Å²) in [5.41, 5.74) is 7.47. The van der Waals surface area contributed by atoms with Crippen molar-refractivity contribution in [3.05, 3.63) is 59.9 Å². The number of carbonyl (C=O) groups is 1. The predicted octanol–water partition coefficient (Wildman–Crippen LogP) is 1.74. The molecule has 1 aliphatic rings. The molecule has 0 bridgehead atoms. The van der Waals surface area contributed by atoms with E-state index in [1.54, 1.807) is 36.4 Å². The molecule has 2 aromatic carbocycles. The number of hydrogen-bond acceptors (Lipinski definition) is 5. The van der Waals surface area contributed by atoms with E-state index in [9.17, 15) is 17.6 Å². The number of halogens is 1. The number of hydrogen-bond donors (Lipinski definition) is 4. The number of nitrogens with one attached hydrogen (secondary N) is 4. The first-order valence-electron chi connectivity index (χ1n) is 7.96. The Bertz CT molecular complexity index is 902. The van der Waals surface area contributed by atoms with Crippen molar-refractivity contribution in [3.63, 3.8) is 0 Å². The van der Waals surface area contributed by atoms with Crippen molar-refractivity contribution in [1.82, 2.24) is 10.9 Å². The van der Waals surface area contributed by atoms with E-state index in [4.69, 9.17) is 0 Å². The standard InChI is InChI=1S/C17H19FN4O3S/c1-26(24,25)22-14-5-3-2-4-13(14)19-17(23)16-10-15(20-21-16)11-6-8-12(18)9-7-11/h2-9,15-16,20-22H,10H2,1H3,(H,19,23). The maximum Gasteiger partial charge on any atom is 0.242 e. The third kappa shape index (κ3) is 4.57. The lowest BCUT2D eigenvalue weighted by Crippen LogP contribution is -2.39. The SMILES string of the molecule is CS(=O)(=O)Nc1ccccc1NC(=O)C1CC(c2ccc(F)cc2)NN1. The molecule has 2 aromatic rings. The summed E-state index contributed by atoms with van der Waals surface area (Å²) in [6.45, 7) is 0. The lowest BCUT2D eigenvalue weighted by atomic mass is 10.0. The van der Waals surface area contributed by atoms with E-state index in [0.717, 1.165) is 11.8 Å². The minimum absolute atomic E-state index is 0.129. The fourth-order valence-electron chi connectivity index (χ4n) is 2.74. The average molecular weight is 378 g/mol. The normalized spacial score (nSPS) is 19.9. The summed E-state index contributed by atoms with van der Waals surface area (Å²) in [4.78, 5) is 12.5. The highest BCUT2D eigenvalue weighted by Crippen LogP contribution is 2.25. The molecule has 26 heavy (non-hydrogen) atoms. The largest absolute Gasteiger partial charge is 0.323 e. The van der Waals surface area contributed by atoms with Crippen LogP contribution in [-0.4, -0.2) is 26.6 Å². The van der Waals surface area contributed by atoms with E-state index in [1.807, 2.05) is 0 Å². The van der Waals surface area contributed by atoms with Gasteiger partial charge in [-0.15, -0.1) is 0 Å². The van der Waals surface area contributed by atoms with Crippen LogP contribution in [0.5, 0.6) is 0 Å². The molecule has 1 fully saturated rings. The Balaban J connectivity index is 1.67. The first-order chi connectivity index (χ1) is 12.3. The van der Waals surface area contributed by atoms with Gasteiger partial charge in [-0.3, -0.25) is 9.52 Å². The molecule has 7 nitrogen and oxygen atoms in total. The molecule has 1 saturated heterocycles. The molecule has 2 unspecified atom stereocenters. The van der Waals surface area contributed by atoms with Crippen molar-refractivity contribution in [1.29, 1.82) is 0 Å². The summed E-state index contributed by atoms with van der Waals surface area (Å²) >= 11 is 0. The van der Waals surface area contributed by atoms with Gasteiger partial charge in [-0.05, 0) is 36.2 Å². The van der Waals surface area contributed by atoms with Crippen LogP contribution in [0.2, 0.25) is 0 Å². The van der Waals surface area contributed by atoms with Crippen LogP contribution in [0.1, 0.15) is 18.0 Å². The molecule has 1 aliphatic heterocycles. The zero-order valence-electron chi connectivity index (χ0n) is 14.0. The van der Waals surface area contributed by atoms with Gasteiger partial charge in [-0.25, -0.2) is 23.7 Å². The van der Waals surface area contributed by atoms with Gasteiger partial charge in [0, 0.05) is 6.04 Å². The topological polar surface area (TPSA) is 99.3 Å². The monoisotopic (exact) mass is 378 g/mol. The molecule has 1 amide bonds. The molecule has 0 spiro atoms. The quantitative estimate of drug-likeness (QED) is 0.635. The van der Waals surface area contributed by atoms with Crippen LogP contribution in [0.15, 0.2) is 48.5 Å². The zero-order valence-corrected chi connectivity index (χ0v) is 14.8. The van der Waals surface area contributed by atoms with Gasteiger partial charge in [-0.1, -0.05) is 24.3 Å². The lowest BCUT2D eigenvalue weighted by molar-refractivity contribution is -0.117. The molecule has 0 aliphatic carbocycles. The fraction of sp³-hybridized carbons (Fsp3) is 0.235. The Morgan fingerprint density at radius 2 is 1.73 bits per heavy atom. The number of amides is 1. The van der Waals surface area contributed by atoms with Gasteiger partial charge >= 0.3 is 0 Å². The number of para-hydroxylation sites is 2. The Morgan fingerprint density at radius 1 is 1.08 bits per heavy atom. The van der Waals surface area contributed by atoms with Crippen LogP contribution in [-0.2, 0) is 14.8 Å². The number of sulfonamides is 1. The van der Waals surface area contributed by atoms with Gasteiger partial charge < -0.3 is 5.32 Å². The first-order valence-corrected chi connectivity index (χ1v) is 9.85. The van der Waals surface area contributed by atoms with Crippen molar-refractivity contribution in [3.8, 4) is 0 Å². The van der Waals surface area contributed by atoms with Crippen LogP contribution in [0.4, 0.5) is 15.8 Å². The molecule has 4 N–H and O–H groups in total. The van der Waals surface area contributed by atoms with E-state index in [2.05, 4.69) is 20.9 Å². The molecule has 2 atom stereocenters. The molecule has 0 radical (unpaired) electrons. The molecule has 3 rings (SSSR count). The van der Waals surface area contributed by atoms with Gasteiger partial charge in [0.1, 0.15) is 11.9 Å². The van der Waals surface area contributed by atoms with E-state index < -0.39 is 16.1 Å².